The molecule has 0 amide bonds. The van der Waals surface area contributed by atoms with Gasteiger partial charge >= 0.3 is 0 Å². The molecule has 11 heavy (non-hydrogen) atoms. The molecule has 68 valence electrons. The van der Waals surface area contributed by atoms with E-state index in [0.29, 0.717) is 18.8 Å². The first kappa shape index (κ1) is 10.9. The molecule has 0 saturated carbocycles. The van der Waals surface area contributed by atoms with Gasteiger partial charge in [0.25, 0.3) is 0 Å². The molecule has 0 spiro atoms. The molecular formula is C9H20FN. The van der Waals surface area contributed by atoms with Crippen molar-refractivity contribution in [3.63, 3.8) is 0 Å². The van der Waals surface area contributed by atoms with Crippen molar-refractivity contribution in [2.45, 2.75) is 45.7 Å². The Labute approximate surface area is 69.2 Å². The average Bonchev–Trinajstić information content (AvgIpc) is 2.04. The number of rotatable bonds is 5. The SMILES string of the molecule is CCC(C)CC(F)(CC)CN. The van der Waals surface area contributed by atoms with Crippen LogP contribution >= 0.6 is 0 Å². The van der Waals surface area contributed by atoms with Crippen LogP contribution in [-0.4, -0.2) is 12.2 Å². The number of nitrogens with two attached hydrogens (primary N) is 1. The highest BCUT2D eigenvalue weighted by atomic mass is 19.1. The third-order valence-corrected chi connectivity index (χ3v) is 2.41. The van der Waals surface area contributed by atoms with Crippen LogP contribution in [0.15, 0.2) is 0 Å². The van der Waals surface area contributed by atoms with E-state index in [1.54, 1.807) is 0 Å². The maximum Gasteiger partial charge on any atom is 0.123 e. The highest BCUT2D eigenvalue weighted by Gasteiger charge is 2.26. The van der Waals surface area contributed by atoms with Crippen molar-refractivity contribution in [1.29, 1.82) is 0 Å². The summed E-state index contributed by atoms with van der Waals surface area (Å²) in [7, 11) is 0. The summed E-state index contributed by atoms with van der Waals surface area (Å²) in [5.41, 5.74) is 4.23. The van der Waals surface area contributed by atoms with Crippen LogP contribution in [0.3, 0.4) is 0 Å². The molecular weight excluding hydrogens is 141 g/mol. The maximum atomic E-state index is 13.6. The van der Waals surface area contributed by atoms with E-state index >= 15 is 0 Å². The quantitative estimate of drug-likeness (QED) is 0.658. The van der Waals surface area contributed by atoms with E-state index in [9.17, 15) is 4.39 Å². The van der Waals surface area contributed by atoms with Gasteiger partial charge in [-0.15, -0.1) is 0 Å². The van der Waals surface area contributed by atoms with Crippen molar-refractivity contribution in [2.75, 3.05) is 6.54 Å². The van der Waals surface area contributed by atoms with Crippen LogP contribution in [0.1, 0.15) is 40.0 Å². The second-order valence-electron chi connectivity index (χ2n) is 3.43. The van der Waals surface area contributed by atoms with Gasteiger partial charge in [0.1, 0.15) is 5.67 Å². The van der Waals surface area contributed by atoms with E-state index in [-0.39, 0.29) is 6.54 Å². The van der Waals surface area contributed by atoms with E-state index in [1.807, 2.05) is 6.92 Å². The fourth-order valence-electron chi connectivity index (χ4n) is 1.14. The van der Waals surface area contributed by atoms with Gasteiger partial charge in [-0.25, -0.2) is 4.39 Å². The topological polar surface area (TPSA) is 26.0 Å². The van der Waals surface area contributed by atoms with Crippen LogP contribution in [0, 0.1) is 5.92 Å². The molecule has 0 bridgehead atoms. The first-order chi connectivity index (χ1) is 5.08. The molecule has 0 saturated heterocycles. The third kappa shape index (κ3) is 3.71. The van der Waals surface area contributed by atoms with Crippen molar-refractivity contribution in [1.82, 2.24) is 0 Å². The highest BCUT2D eigenvalue weighted by molar-refractivity contribution is 4.80. The lowest BCUT2D eigenvalue weighted by Crippen LogP contribution is -2.33. The number of hydrogen-bond acceptors (Lipinski definition) is 1. The Morgan fingerprint density at radius 3 is 2.27 bits per heavy atom. The van der Waals surface area contributed by atoms with Crippen LogP contribution < -0.4 is 5.73 Å². The lowest BCUT2D eigenvalue weighted by atomic mass is 9.89. The van der Waals surface area contributed by atoms with Crippen LogP contribution in [0.5, 0.6) is 0 Å². The summed E-state index contributed by atoms with van der Waals surface area (Å²) in [5, 5.41) is 0. The number of halogens is 1. The highest BCUT2D eigenvalue weighted by Crippen LogP contribution is 2.25. The fourth-order valence-corrected chi connectivity index (χ4v) is 1.14. The molecule has 0 aliphatic heterocycles. The first-order valence-electron chi connectivity index (χ1n) is 4.47. The Balaban J connectivity index is 3.86. The Hall–Kier alpha value is -0.110. The van der Waals surface area contributed by atoms with Crippen LogP contribution in [0.25, 0.3) is 0 Å². The molecule has 0 aliphatic carbocycles. The second-order valence-corrected chi connectivity index (χ2v) is 3.43. The van der Waals surface area contributed by atoms with Gasteiger partial charge < -0.3 is 5.73 Å². The van der Waals surface area contributed by atoms with Gasteiger partial charge in [0, 0.05) is 6.54 Å². The van der Waals surface area contributed by atoms with Crippen molar-refractivity contribution in [3.8, 4) is 0 Å². The Morgan fingerprint density at radius 1 is 1.45 bits per heavy atom. The molecule has 0 aromatic heterocycles. The van der Waals surface area contributed by atoms with Gasteiger partial charge in [-0.1, -0.05) is 27.2 Å². The van der Waals surface area contributed by atoms with Crippen molar-refractivity contribution >= 4 is 0 Å². The van der Waals surface area contributed by atoms with E-state index < -0.39 is 5.67 Å². The molecule has 2 heteroatoms. The summed E-state index contributed by atoms with van der Waals surface area (Å²) in [6.45, 7) is 6.17. The second kappa shape index (κ2) is 4.70. The Kier molecular flexibility index (Phi) is 4.66. The predicted molar refractivity (Wildman–Crippen MR) is 47.3 cm³/mol. The van der Waals surface area contributed by atoms with Crippen LogP contribution in [-0.2, 0) is 0 Å². The standard InChI is InChI=1S/C9H20FN/c1-4-8(3)6-9(10,5-2)7-11/h8H,4-7,11H2,1-3H3. The number of hydrogen-bond donors (Lipinski definition) is 1. The Bertz CT molecular complexity index is 99.7. The molecule has 1 nitrogen and oxygen atoms in total. The minimum absolute atomic E-state index is 0.161. The first-order valence-corrected chi connectivity index (χ1v) is 4.47. The molecule has 0 fully saturated rings. The zero-order chi connectivity index (χ0) is 8.91. The molecule has 2 unspecified atom stereocenters. The zero-order valence-electron chi connectivity index (χ0n) is 7.86. The third-order valence-electron chi connectivity index (χ3n) is 2.41. The minimum Gasteiger partial charge on any atom is -0.328 e. The fraction of sp³-hybridized carbons (Fsp3) is 1.00. The summed E-state index contributed by atoms with van der Waals surface area (Å²) in [5.74, 6) is 0.448. The van der Waals surface area contributed by atoms with Crippen molar-refractivity contribution in [3.05, 3.63) is 0 Å². The summed E-state index contributed by atoms with van der Waals surface area (Å²) < 4.78 is 13.6. The van der Waals surface area contributed by atoms with Gasteiger partial charge in [0.15, 0.2) is 0 Å². The predicted octanol–water partition coefficient (Wildman–Crippen LogP) is 2.50. The monoisotopic (exact) mass is 161 g/mol. The van der Waals surface area contributed by atoms with Gasteiger partial charge in [-0.2, -0.15) is 0 Å². The smallest absolute Gasteiger partial charge is 0.123 e. The summed E-state index contributed by atoms with van der Waals surface area (Å²) in [6, 6.07) is 0. The van der Waals surface area contributed by atoms with E-state index in [1.165, 1.54) is 0 Å². The molecule has 0 aliphatic rings. The van der Waals surface area contributed by atoms with Crippen LogP contribution in [0.2, 0.25) is 0 Å². The summed E-state index contributed by atoms with van der Waals surface area (Å²) in [6.07, 6.45) is 2.18. The van der Waals surface area contributed by atoms with Gasteiger partial charge in [-0.3, -0.25) is 0 Å². The normalized spacial score (nSPS) is 19.4. The van der Waals surface area contributed by atoms with Crippen molar-refractivity contribution < 1.29 is 4.39 Å². The molecule has 0 heterocycles. The van der Waals surface area contributed by atoms with E-state index in [0.717, 1.165) is 6.42 Å². The molecule has 2 N–H and O–H groups in total. The lowest BCUT2D eigenvalue weighted by molar-refractivity contribution is 0.129. The molecule has 2 atom stereocenters. The average molecular weight is 161 g/mol. The summed E-state index contributed by atoms with van der Waals surface area (Å²) >= 11 is 0. The molecule has 0 aromatic carbocycles. The summed E-state index contributed by atoms with van der Waals surface area (Å²) in [4.78, 5) is 0. The maximum absolute atomic E-state index is 13.6. The Morgan fingerprint density at radius 2 is 2.00 bits per heavy atom. The molecule has 0 radical (unpaired) electrons. The van der Waals surface area contributed by atoms with Gasteiger partial charge in [0.05, 0.1) is 0 Å². The van der Waals surface area contributed by atoms with E-state index in [4.69, 9.17) is 5.73 Å². The zero-order valence-corrected chi connectivity index (χ0v) is 7.86. The minimum atomic E-state index is -1.12. The van der Waals surface area contributed by atoms with E-state index in [2.05, 4.69) is 13.8 Å². The van der Waals surface area contributed by atoms with Gasteiger partial charge in [0.2, 0.25) is 0 Å². The van der Waals surface area contributed by atoms with Gasteiger partial charge in [-0.05, 0) is 18.8 Å². The number of alkyl halides is 1. The molecule has 0 aromatic rings. The van der Waals surface area contributed by atoms with Crippen molar-refractivity contribution in [2.24, 2.45) is 11.7 Å². The van der Waals surface area contributed by atoms with Crippen LogP contribution in [0.4, 0.5) is 4.39 Å². The largest absolute Gasteiger partial charge is 0.328 e. The lowest BCUT2D eigenvalue weighted by Gasteiger charge is -2.24. The molecule has 0 rings (SSSR count).